The number of benzene rings is 1. The lowest BCUT2D eigenvalue weighted by atomic mass is 10.0. The molecule has 1 amide bonds. The van der Waals surface area contributed by atoms with Crippen molar-refractivity contribution in [2.45, 2.75) is 19.4 Å². The van der Waals surface area contributed by atoms with E-state index in [9.17, 15) is 4.79 Å². The maximum Gasteiger partial charge on any atom is 0.228 e. The molecular formula is C10H11ClN2O. The van der Waals surface area contributed by atoms with Crippen LogP contribution in [0.3, 0.4) is 0 Å². The zero-order valence-electron chi connectivity index (χ0n) is 7.80. The monoisotopic (exact) mass is 210 g/mol. The first-order valence-electron chi connectivity index (χ1n) is 4.45. The number of carbonyl (C=O) groups excluding carboxylic acids is 1. The molecule has 1 unspecified atom stereocenters. The predicted octanol–water partition coefficient (Wildman–Crippen LogP) is 1.85. The van der Waals surface area contributed by atoms with Gasteiger partial charge in [-0.1, -0.05) is 17.7 Å². The molecule has 2 rings (SSSR count). The van der Waals surface area contributed by atoms with Crippen LogP contribution in [0.5, 0.6) is 0 Å². The number of hydrogen-bond donors (Lipinski definition) is 2. The second kappa shape index (κ2) is 3.26. The number of carbonyl (C=O) groups is 1. The maximum atomic E-state index is 11.1. The Kier molecular flexibility index (Phi) is 2.21. The summed E-state index contributed by atoms with van der Waals surface area (Å²) in [7, 11) is 0. The highest BCUT2D eigenvalue weighted by molar-refractivity contribution is 6.32. The lowest BCUT2D eigenvalue weighted by Crippen LogP contribution is -2.06. The molecule has 0 bridgehead atoms. The van der Waals surface area contributed by atoms with Gasteiger partial charge in [-0.3, -0.25) is 4.79 Å². The molecule has 1 aliphatic rings. The van der Waals surface area contributed by atoms with E-state index in [-0.39, 0.29) is 11.9 Å². The highest BCUT2D eigenvalue weighted by Crippen LogP contribution is 2.31. The number of hydrogen-bond acceptors (Lipinski definition) is 2. The molecule has 4 heteroatoms. The van der Waals surface area contributed by atoms with E-state index in [0.29, 0.717) is 11.4 Å². The van der Waals surface area contributed by atoms with E-state index >= 15 is 0 Å². The molecule has 1 aromatic carbocycles. The number of nitrogens with two attached hydrogens (primary N) is 1. The Hall–Kier alpha value is -1.06. The van der Waals surface area contributed by atoms with Crippen molar-refractivity contribution >= 4 is 23.2 Å². The third-order valence-corrected chi connectivity index (χ3v) is 2.67. The largest absolute Gasteiger partial charge is 0.325 e. The summed E-state index contributed by atoms with van der Waals surface area (Å²) >= 11 is 6.02. The van der Waals surface area contributed by atoms with Gasteiger partial charge in [-0.2, -0.15) is 0 Å². The second-order valence-corrected chi connectivity index (χ2v) is 3.95. The number of nitrogens with one attached hydrogen (secondary N) is 1. The summed E-state index contributed by atoms with van der Waals surface area (Å²) in [6.45, 7) is 1.87. The minimum absolute atomic E-state index is 0.0119. The summed E-state index contributed by atoms with van der Waals surface area (Å²) in [6.07, 6.45) is 0.423. The van der Waals surface area contributed by atoms with E-state index in [0.717, 1.165) is 16.8 Å². The summed E-state index contributed by atoms with van der Waals surface area (Å²) in [6, 6.07) is 3.56. The molecule has 0 saturated heterocycles. The van der Waals surface area contributed by atoms with E-state index in [1.54, 1.807) is 6.07 Å². The number of rotatable bonds is 1. The molecule has 0 aromatic heterocycles. The first-order chi connectivity index (χ1) is 6.58. The van der Waals surface area contributed by atoms with Crippen LogP contribution in [0.4, 0.5) is 5.69 Å². The Bertz CT molecular complexity index is 401. The SMILES string of the molecule is CC(N)c1cc2c(cc1Cl)NC(=O)C2. The molecule has 3 N–H and O–H groups in total. The quantitative estimate of drug-likeness (QED) is 0.744. The molecule has 3 nitrogen and oxygen atoms in total. The van der Waals surface area contributed by atoms with Crippen molar-refractivity contribution in [2.75, 3.05) is 5.32 Å². The molecule has 0 saturated carbocycles. The van der Waals surface area contributed by atoms with Gasteiger partial charge in [-0.25, -0.2) is 0 Å². The molecule has 1 atom stereocenters. The van der Waals surface area contributed by atoms with Crippen LogP contribution in [0.25, 0.3) is 0 Å². The summed E-state index contributed by atoms with van der Waals surface area (Å²) < 4.78 is 0. The van der Waals surface area contributed by atoms with Crippen molar-refractivity contribution in [1.82, 2.24) is 0 Å². The van der Waals surface area contributed by atoms with Crippen LogP contribution in [0.1, 0.15) is 24.1 Å². The Balaban J connectivity index is 2.50. The minimum atomic E-state index is -0.108. The normalized spacial score (nSPS) is 16.4. The first-order valence-corrected chi connectivity index (χ1v) is 4.83. The molecule has 14 heavy (non-hydrogen) atoms. The Morgan fingerprint density at radius 3 is 2.93 bits per heavy atom. The fourth-order valence-electron chi connectivity index (χ4n) is 1.62. The second-order valence-electron chi connectivity index (χ2n) is 3.54. The number of halogens is 1. The Morgan fingerprint density at radius 2 is 2.29 bits per heavy atom. The fraction of sp³-hybridized carbons (Fsp3) is 0.300. The minimum Gasteiger partial charge on any atom is -0.325 e. The summed E-state index contributed by atoms with van der Waals surface area (Å²) in [5.74, 6) is 0.0119. The molecule has 0 aliphatic carbocycles. The van der Waals surface area contributed by atoms with Crippen molar-refractivity contribution in [2.24, 2.45) is 5.73 Å². The van der Waals surface area contributed by atoms with Gasteiger partial charge in [0, 0.05) is 16.8 Å². The van der Waals surface area contributed by atoms with Gasteiger partial charge in [0.15, 0.2) is 0 Å². The third-order valence-electron chi connectivity index (χ3n) is 2.34. The van der Waals surface area contributed by atoms with Gasteiger partial charge in [-0.05, 0) is 24.1 Å². The van der Waals surface area contributed by atoms with Gasteiger partial charge in [0.25, 0.3) is 0 Å². The smallest absolute Gasteiger partial charge is 0.228 e. The van der Waals surface area contributed by atoms with Crippen molar-refractivity contribution in [3.05, 3.63) is 28.3 Å². The van der Waals surface area contributed by atoms with Crippen LogP contribution in [-0.4, -0.2) is 5.91 Å². The summed E-state index contributed by atoms with van der Waals surface area (Å²) in [5, 5.41) is 3.35. The van der Waals surface area contributed by atoms with Gasteiger partial charge in [0.1, 0.15) is 0 Å². The van der Waals surface area contributed by atoms with Crippen LogP contribution in [-0.2, 0) is 11.2 Å². The fourth-order valence-corrected chi connectivity index (χ4v) is 1.95. The molecule has 1 heterocycles. The van der Waals surface area contributed by atoms with Gasteiger partial charge < -0.3 is 11.1 Å². The summed E-state index contributed by atoms with van der Waals surface area (Å²) in [4.78, 5) is 11.1. The van der Waals surface area contributed by atoms with Gasteiger partial charge in [0.05, 0.1) is 6.42 Å². The standard InChI is InChI=1S/C10H11ClN2O/c1-5(12)7-2-6-3-10(14)13-9(6)4-8(7)11/h2,4-5H,3,12H2,1H3,(H,13,14). The van der Waals surface area contributed by atoms with Crippen molar-refractivity contribution in [3.63, 3.8) is 0 Å². The van der Waals surface area contributed by atoms with Crippen LogP contribution in [0, 0.1) is 0 Å². The highest BCUT2D eigenvalue weighted by atomic mass is 35.5. The molecule has 0 radical (unpaired) electrons. The number of amides is 1. The zero-order chi connectivity index (χ0) is 10.3. The average Bonchev–Trinajstić information content (AvgIpc) is 2.42. The van der Waals surface area contributed by atoms with E-state index in [4.69, 9.17) is 17.3 Å². The van der Waals surface area contributed by atoms with Gasteiger partial charge in [0.2, 0.25) is 5.91 Å². The molecule has 0 spiro atoms. The lowest BCUT2D eigenvalue weighted by Gasteiger charge is -2.10. The van der Waals surface area contributed by atoms with Crippen LogP contribution >= 0.6 is 11.6 Å². The van der Waals surface area contributed by atoms with E-state index < -0.39 is 0 Å². The van der Waals surface area contributed by atoms with Crippen LogP contribution in [0.15, 0.2) is 12.1 Å². The van der Waals surface area contributed by atoms with E-state index in [1.165, 1.54) is 0 Å². The maximum absolute atomic E-state index is 11.1. The average molecular weight is 211 g/mol. The van der Waals surface area contributed by atoms with Gasteiger partial charge >= 0.3 is 0 Å². The molecule has 74 valence electrons. The number of anilines is 1. The van der Waals surface area contributed by atoms with Crippen molar-refractivity contribution in [1.29, 1.82) is 0 Å². The van der Waals surface area contributed by atoms with E-state index in [2.05, 4.69) is 5.32 Å². The zero-order valence-corrected chi connectivity index (χ0v) is 8.56. The molecule has 1 aliphatic heterocycles. The topological polar surface area (TPSA) is 55.1 Å². The van der Waals surface area contributed by atoms with Gasteiger partial charge in [-0.15, -0.1) is 0 Å². The van der Waals surface area contributed by atoms with Crippen LogP contribution in [0.2, 0.25) is 5.02 Å². The number of fused-ring (bicyclic) bond motifs is 1. The van der Waals surface area contributed by atoms with Crippen molar-refractivity contribution < 1.29 is 4.79 Å². The third kappa shape index (κ3) is 1.49. The summed E-state index contributed by atoms with van der Waals surface area (Å²) in [5.41, 5.74) is 8.43. The molecular weight excluding hydrogens is 200 g/mol. The molecule has 1 aromatic rings. The predicted molar refractivity (Wildman–Crippen MR) is 56.4 cm³/mol. The van der Waals surface area contributed by atoms with Crippen molar-refractivity contribution in [3.8, 4) is 0 Å². The Labute approximate surface area is 87.2 Å². The van der Waals surface area contributed by atoms with Crippen LogP contribution < -0.4 is 11.1 Å². The van der Waals surface area contributed by atoms with E-state index in [1.807, 2.05) is 13.0 Å². The molecule has 0 fully saturated rings. The Morgan fingerprint density at radius 1 is 1.57 bits per heavy atom. The highest BCUT2D eigenvalue weighted by Gasteiger charge is 2.20. The first kappa shape index (κ1) is 9.49. The lowest BCUT2D eigenvalue weighted by molar-refractivity contribution is -0.115.